The van der Waals surface area contributed by atoms with Crippen LogP contribution in [0.5, 0.6) is 0 Å². The van der Waals surface area contributed by atoms with E-state index in [9.17, 15) is 4.79 Å². The molecule has 0 aliphatic carbocycles. The summed E-state index contributed by atoms with van der Waals surface area (Å²) >= 11 is 0. The Hall–Kier alpha value is -0.870. The molecule has 3 unspecified atom stereocenters. The Kier molecular flexibility index (Phi) is 5.49. The number of allylic oxidation sites excluding steroid dienone is 1. The van der Waals surface area contributed by atoms with E-state index in [0.717, 1.165) is 19.4 Å². The van der Waals surface area contributed by atoms with E-state index in [2.05, 4.69) is 11.4 Å². The second-order valence-corrected chi connectivity index (χ2v) is 3.83. The van der Waals surface area contributed by atoms with Gasteiger partial charge in [0.2, 0.25) is 0 Å². The lowest BCUT2D eigenvalue weighted by Gasteiger charge is -2.22. The van der Waals surface area contributed by atoms with Crippen LogP contribution in [0.3, 0.4) is 0 Å². The van der Waals surface area contributed by atoms with Crippen molar-refractivity contribution in [3.05, 3.63) is 12.2 Å². The van der Waals surface area contributed by atoms with Crippen molar-refractivity contribution in [2.24, 2.45) is 5.92 Å². The summed E-state index contributed by atoms with van der Waals surface area (Å²) in [4.78, 5) is 10.9. The summed E-state index contributed by atoms with van der Waals surface area (Å²) in [5, 5.41) is 12.0. The number of fused-ring (bicyclic) bond motifs is 1. The standard InChI is InChI=1S/C10H15NO3.C2H6/c12-10(13)8-9-7(6-11-8)4-2-1-3-5-14-9;1-2/h1,3,7-9,11H,2,4-6H2,(H,12,13);1-2H3. The molecule has 0 radical (unpaired) electrons. The topological polar surface area (TPSA) is 58.6 Å². The van der Waals surface area contributed by atoms with E-state index < -0.39 is 12.0 Å². The Morgan fingerprint density at radius 3 is 2.88 bits per heavy atom. The molecular formula is C12H21NO3. The van der Waals surface area contributed by atoms with Gasteiger partial charge in [0.15, 0.2) is 0 Å². The lowest BCUT2D eigenvalue weighted by molar-refractivity contribution is -0.142. The van der Waals surface area contributed by atoms with Gasteiger partial charge in [0.25, 0.3) is 0 Å². The molecule has 2 heterocycles. The third kappa shape index (κ3) is 3.06. The molecule has 0 aromatic carbocycles. The fraction of sp³-hybridized carbons (Fsp3) is 0.750. The molecule has 1 saturated heterocycles. The molecule has 4 nitrogen and oxygen atoms in total. The number of hydrogen-bond donors (Lipinski definition) is 2. The van der Waals surface area contributed by atoms with Crippen LogP contribution in [-0.2, 0) is 9.53 Å². The van der Waals surface area contributed by atoms with E-state index in [1.807, 2.05) is 19.9 Å². The van der Waals surface area contributed by atoms with Gasteiger partial charge in [0.05, 0.1) is 12.7 Å². The highest BCUT2D eigenvalue weighted by atomic mass is 16.5. The Bertz CT molecular complexity index is 253. The molecule has 2 N–H and O–H groups in total. The molecule has 0 aromatic rings. The lowest BCUT2D eigenvalue weighted by Crippen LogP contribution is -2.41. The van der Waals surface area contributed by atoms with E-state index in [0.29, 0.717) is 12.5 Å². The second-order valence-electron chi connectivity index (χ2n) is 3.83. The number of hydrogen-bond acceptors (Lipinski definition) is 3. The maximum Gasteiger partial charge on any atom is 0.323 e. The summed E-state index contributed by atoms with van der Waals surface area (Å²) in [5.41, 5.74) is 0. The smallest absolute Gasteiger partial charge is 0.323 e. The maximum absolute atomic E-state index is 10.9. The first-order valence-corrected chi connectivity index (χ1v) is 6.02. The van der Waals surface area contributed by atoms with Gasteiger partial charge in [0.1, 0.15) is 6.04 Å². The zero-order valence-electron chi connectivity index (χ0n) is 9.98. The van der Waals surface area contributed by atoms with Gasteiger partial charge in [-0.05, 0) is 12.8 Å². The predicted octanol–water partition coefficient (Wildman–Crippen LogP) is 1.42. The highest BCUT2D eigenvalue weighted by molar-refractivity contribution is 5.74. The van der Waals surface area contributed by atoms with E-state index in [1.165, 1.54) is 0 Å². The van der Waals surface area contributed by atoms with Crippen molar-refractivity contribution in [2.75, 3.05) is 13.2 Å². The molecule has 2 aliphatic heterocycles. The molecule has 4 heteroatoms. The molecule has 1 fully saturated rings. The third-order valence-electron chi connectivity index (χ3n) is 2.91. The van der Waals surface area contributed by atoms with Crippen molar-refractivity contribution >= 4 is 5.97 Å². The Labute approximate surface area is 96.7 Å². The highest BCUT2D eigenvalue weighted by Gasteiger charge is 2.40. The molecule has 16 heavy (non-hydrogen) atoms. The van der Waals surface area contributed by atoms with Crippen LogP contribution in [0.1, 0.15) is 26.7 Å². The monoisotopic (exact) mass is 227 g/mol. The summed E-state index contributed by atoms with van der Waals surface area (Å²) in [5.74, 6) is -0.455. The molecule has 0 saturated carbocycles. The van der Waals surface area contributed by atoms with Gasteiger partial charge in [-0.3, -0.25) is 4.79 Å². The third-order valence-corrected chi connectivity index (χ3v) is 2.91. The molecule has 3 atom stereocenters. The van der Waals surface area contributed by atoms with Gasteiger partial charge in [-0.2, -0.15) is 0 Å². The van der Waals surface area contributed by atoms with Crippen molar-refractivity contribution in [1.82, 2.24) is 5.32 Å². The number of carboxylic acid groups (broad SMARTS) is 1. The quantitative estimate of drug-likeness (QED) is 0.665. The van der Waals surface area contributed by atoms with Crippen LogP contribution in [0.25, 0.3) is 0 Å². The molecular weight excluding hydrogens is 206 g/mol. The first-order valence-electron chi connectivity index (χ1n) is 6.02. The van der Waals surface area contributed by atoms with Crippen molar-refractivity contribution in [2.45, 2.75) is 38.8 Å². The Balaban J connectivity index is 0.000000606. The van der Waals surface area contributed by atoms with Crippen LogP contribution in [-0.4, -0.2) is 36.4 Å². The summed E-state index contributed by atoms with van der Waals surface area (Å²) in [7, 11) is 0. The molecule has 0 aromatic heterocycles. The van der Waals surface area contributed by atoms with Gasteiger partial charge in [-0.1, -0.05) is 26.0 Å². The first kappa shape index (κ1) is 13.2. The zero-order valence-corrected chi connectivity index (χ0v) is 9.98. The van der Waals surface area contributed by atoms with Crippen molar-refractivity contribution in [1.29, 1.82) is 0 Å². The Morgan fingerprint density at radius 2 is 2.19 bits per heavy atom. The maximum atomic E-state index is 10.9. The largest absolute Gasteiger partial charge is 0.480 e. The van der Waals surface area contributed by atoms with Gasteiger partial charge < -0.3 is 15.2 Å². The van der Waals surface area contributed by atoms with Crippen molar-refractivity contribution < 1.29 is 14.6 Å². The minimum Gasteiger partial charge on any atom is -0.480 e. The second kappa shape index (κ2) is 6.66. The lowest BCUT2D eigenvalue weighted by atomic mass is 9.95. The summed E-state index contributed by atoms with van der Waals surface area (Å²) < 4.78 is 5.55. The van der Waals surface area contributed by atoms with E-state index in [4.69, 9.17) is 9.84 Å². The van der Waals surface area contributed by atoms with Gasteiger partial charge in [-0.15, -0.1) is 0 Å². The average Bonchev–Trinajstić information content (AvgIpc) is 2.63. The van der Waals surface area contributed by atoms with Gasteiger partial charge in [0, 0.05) is 12.5 Å². The average molecular weight is 227 g/mol. The van der Waals surface area contributed by atoms with Crippen molar-refractivity contribution in [3.8, 4) is 0 Å². The van der Waals surface area contributed by atoms with Gasteiger partial charge >= 0.3 is 5.97 Å². The van der Waals surface area contributed by atoms with Crippen LogP contribution >= 0.6 is 0 Å². The normalized spacial score (nSPS) is 33.0. The minimum absolute atomic E-state index is 0.155. The zero-order chi connectivity index (χ0) is 12.0. The molecule has 0 bridgehead atoms. The SMILES string of the molecule is CC.O=C(O)C1NCC2CCC=CCOC21. The number of ether oxygens (including phenoxy) is 1. The number of carbonyl (C=O) groups is 1. The summed E-state index contributed by atoms with van der Waals surface area (Å²) in [6.45, 7) is 5.29. The molecule has 0 spiro atoms. The predicted molar refractivity (Wildman–Crippen MR) is 62.4 cm³/mol. The first-order chi connectivity index (χ1) is 7.79. The van der Waals surface area contributed by atoms with Crippen molar-refractivity contribution in [3.63, 3.8) is 0 Å². The number of carboxylic acids is 1. The molecule has 2 aliphatic rings. The van der Waals surface area contributed by atoms with Crippen LogP contribution in [0, 0.1) is 5.92 Å². The van der Waals surface area contributed by atoms with E-state index in [-0.39, 0.29) is 6.10 Å². The fourth-order valence-electron chi connectivity index (χ4n) is 2.17. The summed E-state index contributed by atoms with van der Waals surface area (Å²) in [6.07, 6.45) is 5.95. The molecule has 92 valence electrons. The highest BCUT2D eigenvalue weighted by Crippen LogP contribution is 2.24. The van der Waals surface area contributed by atoms with Gasteiger partial charge in [-0.25, -0.2) is 0 Å². The molecule has 2 rings (SSSR count). The number of rotatable bonds is 1. The molecule has 0 amide bonds. The van der Waals surface area contributed by atoms with Crippen LogP contribution in [0.4, 0.5) is 0 Å². The van der Waals surface area contributed by atoms with E-state index in [1.54, 1.807) is 0 Å². The van der Waals surface area contributed by atoms with Crippen LogP contribution < -0.4 is 5.32 Å². The fourth-order valence-corrected chi connectivity index (χ4v) is 2.17. The number of nitrogens with one attached hydrogen (secondary N) is 1. The van der Waals surface area contributed by atoms with E-state index >= 15 is 0 Å². The van der Waals surface area contributed by atoms with Crippen LogP contribution in [0.15, 0.2) is 12.2 Å². The summed E-state index contributed by atoms with van der Waals surface area (Å²) in [6, 6.07) is -0.522. The Morgan fingerprint density at radius 1 is 1.44 bits per heavy atom. The number of aliphatic carboxylic acids is 1. The minimum atomic E-state index is -0.804. The van der Waals surface area contributed by atoms with Crippen LogP contribution in [0.2, 0.25) is 0 Å².